The van der Waals surface area contributed by atoms with Crippen LogP contribution < -0.4 is 9.67 Å². The third-order valence-corrected chi connectivity index (χ3v) is 9.46. The monoisotopic (exact) mass is 567 g/mol. The van der Waals surface area contributed by atoms with Crippen LogP contribution >= 0.6 is 11.3 Å². The van der Waals surface area contributed by atoms with E-state index in [-0.39, 0.29) is 28.8 Å². The van der Waals surface area contributed by atoms with E-state index in [9.17, 15) is 14.4 Å². The van der Waals surface area contributed by atoms with Gasteiger partial charge in [0, 0.05) is 0 Å². The van der Waals surface area contributed by atoms with E-state index in [0.29, 0.717) is 28.9 Å². The SMILES string of the molecule is CCOC(=O)Cc1csc(NC(=O)C(CC2CCCC2)c2ccc([AsH]C(=O)c3cccnc3)cc2)n1. The number of esters is 1. The number of carbonyl (C=O) groups is 3. The van der Waals surface area contributed by atoms with Crippen molar-refractivity contribution in [3.63, 3.8) is 0 Å². The Morgan fingerprint density at radius 1 is 1.17 bits per heavy atom. The summed E-state index contributed by atoms with van der Waals surface area (Å²) in [4.78, 5) is 46.2. The second-order valence-electron chi connectivity index (χ2n) is 8.87. The Balaban J connectivity index is 1.45. The molecule has 1 amide bonds. The van der Waals surface area contributed by atoms with Gasteiger partial charge in [-0.25, -0.2) is 0 Å². The molecule has 0 radical (unpaired) electrons. The van der Waals surface area contributed by atoms with E-state index in [1.807, 2.05) is 24.3 Å². The second-order valence-corrected chi connectivity index (χ2v) is 12.4. The van der Waals surface area contributed by atoms with Crippen molar-refractivity contribution in [1.82, 2.24) is 9.97 Å². The third-order valence-electron chi connectivity index (χ3n) is 6.27. The first-order chi connectivity index (χ1) is 17.5. The van der Waals surface area contributed by atoms with E-state index in [1.54, 1.807) is 36.8 Å². The number of pyridine rings is 1. The zero-order valence-electron chi connectivity index (χ0n) is 20.2. The van der Waals surface area contributed by atoms with Gasteiger partial charge in [-0.3, -0.25) is 4.79 Å². The average molecular weight is 568 g/mol. The van der Waals surface area contributed by atoms with Crippen molar-refractivity contribution in [2.24, 2.45) is 5.92 Å². The summed E-state index contributed by atoms with van der Waals surface area (Å²) in [6.45, 7) is 2.09. The quantitative estimate of drug-likeness (QED) is 0.279. The zero-order chi connectivity index (χ0) is 25.3. The standard InChI is InChI=1S/C27H30AsN3O4S/c1-2-35-24(32)15-22-17-36-27(30-22)31-26(34)23(14-18-6-3-4-7-18)19-9-11-21(12-10-19)28-25(33)20-8-5-13-29-16-20/h5,8-13,16-18,23,28H,2-4,6-7,14-15H2,1H3,(H,30,31,34). The molecule has 1 aromatic carbocycles. The van der Waals surface area contributed by atoms with Gasteiger partial charge in [0.05, 0.1) is 6.61 Å². The van der Waals surface area contributed by atoms with Crippen LogP contribution in [-0.2, 0) is 20.7 Å². The number of anilines is 1. The van der Waals surface area contributed by atoms with Gasteiger partial charge < -0.3 is 4.74 Å². The van der Waals surface area contributed by atoms with Crippen molar-refractivity contribution in [3.8, 4) is 0 Å². The molecule has 2 atom stereocenters. The number of rotatable bonds is 11. The molecular weight excluding hydrogens is 537 g/mol. The molecule has 0 saturated heterocycles. The Morgan fingerprint density at radius 3 is 2.64 bits per heavy atom. The topological polar surface area (TPSA) is 98.2 Å². The van der Waals surface area contributed by atoms with Gasteiger partial charge in [0.1, 0.15) is 0 Å². The first kappa shape index (κ1) is 26.2. The average Bonchev–Trinajstić information content (AvgIpc) is 3.56. The first-order valence-corrected chi connectivity index (χ1v) is 15.2. The van der Waals surface area contributed by atoms with Crippen LogP contribution in [-0.4, -0.2) is 48.8 Å². The number of ether oxygens (including phenoxy) is 1. The van der Waals surface area contributed by atoms with Crippen molar-refractivity contribution in [2.75, 3.05) is 11.9 Å². The minimum atomic E-state index is -1.01. The van der Waals surface area contributed by atoms with Gasteiger partial charge in [-0.05, 0) is 6.92 Å². The van der Waals surface area contributed by atoms with Crippen LogP contribution in [0.25, 0.3) is 0 Å². The molecule has 0 spiro atoms. The Bertz CT molecular complexity index is 1180. The van der Waals surface area contributed by atoms with E-state index in [1.165, 1.54) is 24.2 Å². The van der Waals surface area contributed by atoms with Crippen LogP contribution in [0.2, 0.25) is 0 Å². The first-order valence-electron chi connectivity index (χ1n) is 12.2. The van der Waals surface area contributed by atoms with Gasteiger partial charge in [-0.1, -0.05) is 0 Å². The fourth-order valence-electron chi connectivity index (χ4n) is 4.47. The van der Waals surface area contributed by atoms with Gasteiger partial charge in [-0.2, -0.15) is 0 Å². The molecule has 2 heterocycles. The molecule has 1 aliphatic rings. The van der Waals surface area contributed by atoms with E-state index in [2.05, 4.69) is 15.3 Å². The van der Waals surface area contributed by atoms with Crippen LogP contribution in [0.1, 0.15) is 66.6 Å². The minimum absolute atomic E-state index is 0.0888. The molecule has 9 heteroatoms. The molecule has 36 heavy (non-hydrogen) atoms. The Hall–Kier alpha value is -2.83. The number of thiazole rings is 1. The number of hydrogen-bond donors (Lipinski definition) is 1. The van der Waals surface area contributed by atoms with E-state index >= 15 is 0 Å². The Kier molecular flexibility index (Phi) is 9.42. The normalized spacial score (nSPS) is 14.7. The summed E-state index contributed by atoms with van der Waals surface area (Å²) in [7, 11) is 0. The molecule has 4 rings (SSSR count). The number of amides is 1. The summed E-state index contributed by atoms with van der Waals surface area (Å²) >= 11 is 0.306. The van der Waals surface area contributed by atoms with Crippen molar-refractivity contribution in [2.45, 2.75) is 51.4 Å². The number of carbonyl (C=O) groups excluding carboxylic acids is 3. The number of benzene rings is 1. The number of aromatic nitrogens is 2. The maximum atomic E-state index is 13.4. The molecule has 1 N–H and O–H groups in total. The molecule has 1 aliphatic carbocycles. The van der Waals surface area contributed by atoms with E-state index in [0.717, 1.165) is 29.2 Å². The number of hydrogen-bond acceptors (Lipinski definition) is 7. The summed E-state index contributed by atoms with van der Waals surface area (Å²) < 4.78 is 6.14. The Morgan fingerprint density at radius 2 is 1.94 bits per heavy atom. The fourth-order valence-corrected chi connectivity index (χ4v) is 7.05. The van der Waals surface area contributed by atoms with E-state index < -0.39 is 15.8 Å². The second kappa shape index (κ2) is 12.9. The van der Waals surface area contributed by atoms with Gasteiger partial charge in [0.15, 0.2) is 0 Å². The van der Waals surface area contributed by atoms with Crippen LogP contribution in [0.4, 0.5) is 5.13 Å². The molecule has 3 aromatic rings. The van der Waals surface area contributed by atoms with Gasteiger partial charge in [0.25, 0.3) is 0 Å². The third kappa shape index (κ3) is 7.34. The number of nitrogens with one attached hydrogen (secondary N) is 1. The molecule has 7 nitrogen and oxygen atoms in total. The molecular formula is C27H30AsN3O4S. The zero-order valence-corrected chi connectivity index (χ0v) is 23.2. The summed E-state index contributed by atoms with van der Waals surface area (Å²) in [5, 5.41) is 5.23. The predicted octanol–water partition coefficient (Wildman–Crippen LogP) is 3.85. The van der Waals surface area contributed by atoms with Gasteiger partial charge >= 0.3 is 199 Å². The molecule has 0 aliphatic heterocycles. The number of nitrogens with zero attached hydrogens (tertiary/aromatic N) is 2. The molecule has 2 unspecified atom stereocenters. The fraction of sp³-hybridized carbons (Fsp3) is 0.370. The van der Waals surface area contributed by atoms with Crippen LogP contribution in [0.5, 0.6) is 0 Å². The van der Waals surface area contributed by atoms with Crippen molar-refractivity contribution < 1.29 is 19.1 Å². The van der Waals surface area contributed by atoms with Crippen molar-refractivity contribution in [3.05, 3.63) is 71.0 Å². The molecule has 1 fully saturated rings. The van der Waals surface area contributed by atoms with Gasteiger partial charge in [0.2, 0.25) is 0 Å². The summed E-state index contributed by atoms with van der Waals surface area (Å²) in [5.74, 6) is -0.190. The maximum absolute atomic E-state index is 13.4. The van der Waals surface area contributed by atoms with E-state index in [4.69, 9.17) is 4.74 Å². The molecule has 2 aromatic heterocycles. The molecule has 1 saturated carbocycles. The molecule has 188 valence electrons. The molecule has 0 bridgehead atoms. The van der Waals surface area contributed by atoms with Crippen LogP contribution in [0, 0.1) is 5.92 Å². The van der Waals surface area contributed by atoms with Crippen LogP contribution in [0.3, 0.4) is 0 Å². The summed E-state index contributed by atoms with van der Waals surface area (Å²) in [6, 6.07) is 11.5. The van der Waals surface area contributed by atoms with Crippen molar-refractivity contribution in [1.29, 1.82) is 0 Å². The van der Waals surface area contributed by atoms with Crippen molar-refractivity contribution >= 4 is 53.0 Å². The van der Waals surface area contributed by atoms with Crippen LogP contribution in [0.15, 0.2) is 54.2 Å². The predicted molar refractivity (Wildman–Crippen MR) is 142 cm³/mol. The van der Waals surface area contributed by atoms with Gasteiger partial charge in [-0.15, -0.1) is 0 Å². The summed E-state index contributed by atoms with van der Waals surface area (Å²) in [6.07, 6.45) is 8.87. The Labute approximate surface area is 221 Å². The summed E-state index contributed by atoms with van der Waals surface area (Å²) in [5.41, 5.74) is 2.19.